The van der Waals surface area contributed by atoms with E-state index in [1.54, 1.807) is 12.1 Å². The van der Waals surface area contributed by atoms with Crippen LogP contribution in [0.15, 0.2) is 22.7 Å². The SMILES string of the molecule is CS(=O)(=O)Nc1cc(Br)cc(C(=O)CBr)c1. The lowest BCUT2D eigenvalue weighted by Gasteiger charge is -2.06. The first-order valence-corrected chi connectivity index (χ1v) is 8.00. The van der Waals surface area contributed by atoms with Gasteiger partial charge in [0.1, 0.15) is 0 Å². The van der Waals surface area contributed by atoms with Crippen molar-refractivity contribution in [3.63, 3.8) is 0 Å². The highest BCUT2D eigenvalue weighted by Gasteiger charge is 2.09. The Bertz CT molecular complexity index is 513. The molecule has 0 heterocycles. The van der Waals surface area contributed by atoms with E-state index in [0.717, 1.165) is 6.26 Å². The Kier molecular flexibility index (Phi) is 4.52. The molecule has 0 spiro atoms. The van der Waals surface area contributed by atoms with Crippen LogP contribution < -0.4 is 4.72 Å². The summed E-state index contributed by atoms with van der Waals surface area (Å²) in [5.74, 6) is -0.113. The second kappa shape index (κ2) is 5.29. The van der Waals surface area contributed by atoms with Crippen molar-refractivity contribution in [1.29, 1.82) is 0 Å². The lowest BCUT2D eigenvalue weighted by molar-refractivity contribution is 0.102. The van der Waals surface area contributed by atoms with Gasteiger partial charge in [-0.1, -0.05) is 31.9 Å². The fourth-order valence-electron chi connectivity index (χ4n) is 1.10. The van der Waals surface area contributed by atoms with E-state index in [2.05, 4.69) is 36.6 Å². The summed E-state index contributed by atoms with van der Waals surface area (Å²) in [6, 6.07) is 4.72. The van der Waals surface area contributed by atoms with Crippen molar-refractivity contribution in [2.24, 2.45) is 0 Å². The van der Waals surface area contributed by atoms with Crippen LogP contribution in [0.25, 0.3) is 0 Å². The molecule has 4 nitrogen and oxygen atoms in total. The molecular weight excluding hydrogens is 362 g/mol. The minimum atomic E-state index is -3.34. The number of rotatable bonds is 4. The minimum Gasteiger partial charge on any atom is -0.293 e. The molecule has 0 bridgehead atoms. The number of halogens is 2. The van der Waals surface area contributed by atoms with Gasteiger partial charge in [0.15, 0.2) is 5.78 Å². The highest BCUT2D eigenvalue weighted by molar-refractivity contribution is 9.10. The number of ketones is 1. The van der Waals surface area contributed by atoms with Gasteiger partial charge in [-0.3, -0.25) is 9.52 Å². The number of alkyl halides is 1. The maximum Gasteiger partial charge on any atom is 0.229 e. The zero-order chi connectivity index (χ0) is 12.3. The van der Waals surface area contributed by atoms with Gasteiger partial charge < -0.3 is 0 Å². The van der Waals surface area contributed by atoms with Crippen molar-refractivity contribution in [2.45, 2.75) is 0 Å². The summed E-state index contributed by atoms with van der Waals surface area (Å²) in [5, 5.41) is 0.196. The Morgan fingerprint density at radius 1 is 1.38 bits per heavy atom. The topological polar surface area (TPSA) is 63.2 Å². The van der Waals surface area contributed by atoms with Crippen molar-refractivity contribution in [3.05, 3.63) is 28.2 Å². The molecule has 0 unspecified atom stereocenters. The third-order valence-electron chi connectivity index (χ3n) is 1.64. The van der Waals surface area contributed by atoms with E-state index in [9.17, 15) is 13.2 Å². The Balaban J connectivity index is 3.13. The Morgan fingerprint density at radius 2 is 2.00 bits per heavy atom. The van der Waals surface area contributed by atoms with Crippen LogP contribution in [-0.2, 0) is 10.0 Å². The lowest BCUT2D eigenvalue weighted by Crippen LogP contribution is -2.10. The molecule has 88 valence electrons. The van der Waals surface area contributed by atoms with Crippen LogP contribution in [0.1, 0.15) is 10.4 Å². The molecule has 0 radical (unpaired) electrons. The molecule has 1 N–H and O–H groups in total. The lowest BCUT2D eigenvalue weighted by atomic mass is 10.1. The van der Waals surface area contributed by atoms with Crippen LogP contribution in [0.4, 0.5) is 5.69 Å². The van der Waals surface area contributed by atoms with Crippen LogP contribution in [0.2, 0.25) is 0 Å². The van der Waals surface area contributed by atoms with E-state index in [4.69, 9.17) is 0 Å². The summed E-state index contributed by atoms with van der Waals surface area (Å²) in [7, 11) is -3.34. The molecule has 0 fully saturated rings. The normalized spacial score (nSPS) is 11.2. The second-order valence-electron chi connectivity index (χ2n) is 3.16. The first-order valence-electron chi connectivity index (χ1n) is 4.19. The van der Waals surface area contributed by atoms with E-state index >= 15 is 0 Å². The van der Waals surface area contributed by atoms with Crippen LogP contribution >= 0.6 is 31.9 Å². The second-order valence-corrected chi connectivity index (χ2v) is 6.38. The fraction of sp³-hybridized carbons (Fsp3) is 0.222. The van der Waals surface area contributed by atoms with Crippen LogP contribution in [0.5, 0.6) is 0 Å². The number of anilines is 1. The molecule has 1 aromatic carbocycles. The maximum atomic E-state index is 11.4. The summed E-state index contributed by atoms with van der Waals surface area (Å²) < 4.78 is 25.0. The molecule has 0 aliphatic heterocycles. The predicted octanol–water partition coefficient (Wildman–Crippen LogP) is 2.40. The molecule has 0 amide bonds. The van der Waals surface area contributed by atoms with Crippen molar-refractivity contribution in [3.8, 4) is 0 Å². The number of hydrogen-bond acceptors (Lipinski definition) is 3. The van der Waals surface area contributed by atoms with Gasteiger partial charge in [0.2, 0.25) is 10.0 Å². The molecule has 0 atom stereocenters. The first-order chi connectivity index (χ1) is 7.31. The van der Waals surface area contributed by atoms with Crippen molar-refractivity contribution < 1.29 is 13.2 Å². The van der Waals surface area contributed by atoms with Gasteiger partial charge in [0.05, 0.1) is 17.3 Å². The third kappa shape index (κ3) is 4.23. The van der Waals surface area contributed by atoms with Crippen molar-refractivity contribution in [2.75, 3.05) is 16.3 Å². The zero-order valence-electron chi connectivity index (χ0n) is 8.33. The first kappa shape index (κ1) is 13.7. The predicted molar refractivity (Wildman–Crippen MR) is 70.7 cm³/mol. The number of hydrogen-bond donors (Lipinski definition) is 1. The summed E-state index contributed by atoms with van der Waals surface area (Å²) in [6.45, 7) is 0. The summed E-state index contributed by atoms with van der Waals surface area (Å²) >= 11 is 6.27. The number of carbonyl (C=O) groups excluding carboxylic acids is 1. The van der Waals surface area contributed by atoms with Gasteiger partial charge in [0, 0.05) is 10.0 Å². The highest BCUT2D eigenvalue weighted by atomic mass is 79.9. The van der Waals surface area contributed by atoms with Gasteiger partial charge in [-0.05, 0) is 18.2 Å². The Morgan fingerprint density at radius 3 is 2.50 bits per heavy atom. The van der Waals surface area contributed by atoms with Gasteiger partial charge in [0.25, 0.3) is 0 Å². The Labute approximate surface area is 111 Å². The van der Waals surface area contributed by atoms with Crippen LogP contribution in [0.3, 0.4) is 0 Å². The summed E-state index contributed by atoms with van der Waals surface area (Å²) in [4.78, 5) is 11.4. The van der Waals surface area contributed by atoms with Gasteiger partial charge >= 0.3 is 0 Å². The standard InChI is InChI=1S/C9H9Br2NO3S/c1-16(14,15)12-8-3-6(9(13)5-10)2-7(11)4-8/h2-4,12H,5H2,1H3. The molecular formula is C9H9Br2NO3S. The third-order valence-corrected chi connectivity index (χ3v) is 3.22. The Hall–Kier alpha value is -0.400. The average Bonchev–Trinajstić information content (AvgIpc) is 2.12. The molecule has 1 aromatic rings. The molecule has 0 aliphatic carbocycles. The van der Waals surface area contributed by atoms with Crippen LogP contribution in [-0.4, -0.2) is 25.8 Å². The van der Waals surface area contributed by atoms with E-state index in [-0.39, 0.29) is 11.1 Å². The minimum absolute atomic E-state index is 0.113. The van der Waals surface area contributed by atoms with Crippen LogP contribution in [0, 0.1) is 0 Å². The van der Waals surface area contributed by atoms with Crippen molar-refractivity contribution >= 4 is 53.4 Å². The molecule has 0 aromatic heterocycles. The van der Waals surface area contributed by atoms with Crippen molar-refractivity contribution in [1.82, 2.24) is 0 Å². The molecule has 0 saturated heterocycles. The number of Topliss-reactive ketones (excluding diaryl/α,β-unsaturated/α-hetero) is 1. The highest BCUT2D eigenvalue weighted by Crippen LogP contribution is 2.21. The monoisotopic (exact) mass is 369 g/mol. The average molecular weight is 371 g/mol. The summed E-state index contributed by atoms with van der Waals surface area (Å²) in [6.07, 6.45) is 1.06. The maximum absolute atomic E-state index is 11.4. The number of sulfonamides is 1. The van der Waals surface area contributed by atoms with Gasteiger partial charge in [-0.15, -0.1) is 0 Å². The van der Waals surface area contributed by atoms with E-state index in [0.29, 0.717) is 15.7 Å². The summed E-state index contributed by atoms with van der Waals surface area (Å²) in [5.41, 5.74) is 0.804. The zero-order valence-corrected chi connectivity index (χ0v) is 12.3. The van der Waals surface area contributed by atoms with E-state index < -0.39 is 10.0 Å². The smallest absolute Gasteiger partial charge is 0.229 e. The number of carbonyl (C=O) groups is 1. The molecule has 0 saturated carbocycles. The molecule has 16 heavy (non-hydrogen) atoms. The fourth-order valence-corrected chi connectivity index (χ4v) is 2.46. The van der Waals surface area contributed by atoms with Gasteiger partial charge in [-0.2, -0.15) is 0 Å². The molecule has 7 heteroatoms. The molecule has 0 aliphatic rings. The number of nitrogens with one attached hydrogen (secondary N) is 1. The van der Waals surface area contributed by atoms with E-state index in [1.165, 1.54) is 6.07 Å². The van der Waals surface area contributed by atoms with Gasteiger partial charge in [-0.25, -0.2) is 8.42 Å². The number of benzene rings is 1. The largest absolute Gasteiger partial charge is 0.293 e. The molecule has 1 rings (SSSR count). The van der Waals surface area contributed by atoms with E-state index in [1.807, 2.05) is 0 Å². The quantitative estimate of drug-likeness (QED) is 0.653.